The highest BCUT2D eigenvalue weighted by atomic mass is 16.2. The van der Waals surface area contributed by atoms with Gasteiger partial charge in [0.05, 0.1) is 11.4 Å². The minimum absolute atomic E-state index is 0.235. The maximum absolute atomic E-state index is 13.3. The van der Waals surface area contributed by atoms with Gasteiger partial charge in [-0.2, -0.15) is 0 Å². The molecule has 1 fully saturated rings. The molecule has 6 heteroatoms. The van der Waals surface area contributed by atoms with Crippen molar-refractivity contribution in [3.8, 4) is 0 Å². The van der Waals surface area contributed by atoms with E-state index in [0.29, 0.717) is 11.6 Å². The number of para-hydroxylation sites is 1. The molecular formula is C25H30N4O2. The van der Waals surface area contributed by atoms with Crippen LogP contribution in [-0.4, -0.2) is 30.9 Å². The highest BCUT2D eigenvalue weighted by Crippen LogP contribution is 2.35. The van der Waals surface area contributed by atoms with Crippen LogP contribution in [0, 0.1) is 19.8 Å². The van der Waals surface area contributed by atoms with Crippen LogP contribution in [0.25, 0.3) is 0 Å². The van der Waals surface area contributed by atoms with Gasteiger partial charge in [-0.3, -0.25) is 9.79 Å². The number of aryl methyl sites for hydroxylation is 2. The average Bonchev–Trinajstić information content (AvgIpc) is 2.85. The van der Waals surface area contributed by atoms with Crippen molar-refractivity contribution in [3.05, 3.63) is 59.2 Å². The van der Waals surface area contributed by atoms with Crippen molar-refractivity contribution in [1.82, 2.24) is 5.32 Å². The van der Waals surface area contributed by atoms with E-state index in [9.17, 15) is 9.59 Å². The molecule has 1 saturated carbocycles. The number of benzodiazepines with no additional fused rings is 1. The molecule has 31 heavy (non-hydrogen) atoms. The third-order valence-corrected chi connectivity index (χ3v) is 6.22. The van der Waals surface area contributed by atoms with Gasteiger partial charge >= 0.3 is 6.03 Å². The van der Waals surface area contributed by atoms with Gasteiger partial charge in [-0.1, -0.05) is 49.6 Å². The van der Waals surface area contributed by atoms with E-state index in [1.165, 1.54) is 19.3 Å². The molecule has 1 unspecified atom stereocenters. The minimum atomic E-state index is -0.960. The van der Waals surface area contributed by atoms with Gasteiger partial charge in [0.2, 0.25) is 6.17 Å². The summed E-state index contributed by atoms with van der Waals surface area (Å²) in [5.41, 5.74) is 5.60. The number of carbonyl (C=O) groups excluding carboxylic acids is 2. The first-order valence-corrected chi connectivity index (χ1v) is 11.0. The molecule has 0 spiro atoms. The molecule has 1 aliphatic heterocycles. The molecule has 6 nitrogen and oxygen atoms in total. The van der Waals surface area contributed by atoms with Gasteiger partial charge in [-0.15, -0.1) is 0 Å². The smallest absolute Gasteiger partial charge is 0.311 e. The molecule has 2 N–H and O–H groups in total. The second-order valence-corrected chi connectivity index (χ2v) is 8.59. The van der Waals surface area contributed by atoms with Crippen molar-refractivity contribution < 1.29 is 9.59 Å². The summed E-state index contributed by atoms with van der Waals surface area (Å²) >= 11 is 0. The third-order valence-electron chi connectivity index (χ3n) is 6.22. The fraction of sp³-hybridized carbons (Fsp3) is 0.400. The van der Waals surface area contributed by atoms with E-state index in [1.807, 2.05) is 50.2 Å². The van der Waals surface area contributed by atoms with Crippen molar-refractivity contribution in [2.24, 2.45) is 10.9 Å². The van der Waals surface area contributed by atoms with E-state index in [-0.39, 0.29) is 5.91 Å². The number of likely N-dealkylation sites (N-methyl/N-ethyl adjacent to an activating group) is 1. The van der Waals surface area contributed by atoms with Gasteiger partial charge in [0, 0.05) is 24.2 Å². The number of anilines is 2. The zero-order valence-corrected chi connectivity index (χ0v) is 18.4. The Bertz CT molecular complexity index is 1020. The second-order valence-electron chi connectivity index (χ2n) is 8.59. The standard InChI is InChI=1S/C25H30N4O2/c1-16-9-7-13-19(15-16)26-25(31)28-23-24(30)29(3)22-17(2)10-8-14-20(22)21(27-23)18-11-5-4-6-12-18/h7-10,13-15,18,23H,4-6,11-12H2,1-3H3,(H2,26,28,31). The molecule has 3 amide bonds. The lowest BCUT2D eigenvalue weighted by Gasteiger charge is -2.25. The monoisotopic (exact) mass is 418 g/mol. The topological polar surface area (TPSA) is 73.8 Å². The summed E-state index contributed by atoms with van der Waals surface area (Å²) in [7, 11) is 1.76. The van der Waals surface area contributed by atoms with E-state index < -0.39 is 12.2 Å². The lowest BCUT2D eigenvalue weighted by Crippen LogP contribution is -2.47. The third kappa shape index (κ3) is 4.48. The van der Waals surface area contributed by atoms with Crippen molar-refractivity contribution in [2.75, 3.05) is 17.3 Å². The van der Waals surface area contributed by atoms with E-state index in [2.05, 4.69) is 16.7 Å². The Kier molecular flexibility index (Phi) is 6.07. The predicted octanol–water partition coefficient (Wildman–Crippen LogP) is 4.80. The maximum atomic E-state index is 13.3. The lowest BCUT2D eigenvalue weighted by atomic mass is 9.82. The van der Waals surface area contributed by atoms with Gasteiger partial charge in [0.15, 0.2) is 0 Å². The molecule has 162 valence electrons. The van der Waals surface area contributed by atoms with Crippen molar-refractivity contribution in [2.45, 2.75) is 52.1 Å². The highest BCUT2D eigenvalue weighted by Gasteiger charge is 2.34. The zero-order valence-electron chi connectivity index (χ0n) is 18.4. The van der Waals surface area contributed by atoms with E-state index in [1.54, 1.807) is 11.9 Å². The molecule has 0 bridgehead atoms. The van der Waals surface area contributed by atoms with Gasteiger partial charge < -0.3 is 15.5 Å². The summed E-state index contributed by atoms with van der Waals surface area (Å²) < 4.78 is 0. The number of hydrogen-bond donors (Lipinski definition) is 2. The largest absolute Gasteiger partial charge is 0.321 e. The normalized spacial score (nSPS) is 19.3. The number of rotatable bonds is 3. The SMILES string of the molecule is Cc1cccc(NC(=O)NC2N=C(C3CCCCC3)c3cccc(C)c3N(C)C2=O)c1. The molecule has 1 aliphatic carbocycles. The summed E-state index contributed by atoms with van der Waals surface area (Å²) in [5.74, 6) is 0.0680. The summed E-state index contributed by atoms with van der Waals surface area (Å²) in [4.78, 5) is 32.5. The van der Waals surface area contributed by atoms with Gasteiger partial charge in [0.1, 0.15) is 0 Å². The van der Waals surface area contributed by atoms with E-state index in [4.69, 9.17) is 4.99 Å². The van der Waals surface area contributed by atoms with Crippen LogP contribution in [0.5, 0.6) is 0 Å². The number of aliphatic imine (C=N–C) groups is 1. The number of nitrogens with zero attached hydrogens (tertiary/aromatic N) is 2. The Morgan fingerprint density at radius 1 is 1.06 bits per heavy atom. The summed E-state index contributed by atoms with van der Waals surface area (Å²) in [5, 5.41) is 5.62. The number of amides is 3. The number of fused-ring (bicyclic) bond motifs is 1. The molecule has 0 aromatic heterocycles. The zero-order chi connectivity index (χ0) is 22.0. The van der Waals surface area contributed by atoms with E-state index in [0.717, 1.165) is 40.9 Å². The van der Waals surface area contributed by atoms with Crippen LogP contribution >= 0.6 is 0 Å². The van der Waals surface area contributed by atoms with Crippen LogP contribution in [0.3, 0.4) is 0 Å². The molecule has 1 heterocycles. The molecule has 1 atom stereocenters. The molecule has 0 saturated heterocycles. The van der Waals surface area contributed by atoms with Crippen LogP contribution in [-0.2, 0) is 4.79 Å². The summed E-state index contributed by atoms with van der Waals surface area (Å²) in [6.45, 7) is 3.98. The van der Waals surface area contributed by atoms with Crippen LogP contribution in [0.1, 0.15) is 48.8 Å². The molecular weight excluding hydrogens is 388 g/mol. The Morgan fingerprint density at radius 2 is 1.81 bits per heavy atom. The number of hydrogen-bond acceptors (Lipinski definition) is 3. The number of urea groups is 1. The van der Waals surface area contributed by atoms with Gasteiger partial charge in [-0.05, 0) is 49.9 Å². The van der Waals surface area contributed by atoms with Crippen molar-refractivity contribution in [1.29, 1.82) is 0 Å². The fourth-order valence-electron chi connectivity index (χ4n) is 4.68. The molecule has 2 aliphatic rings. The lowest BCUT2D eigenvalue weighted by molar-refractivity contribution is -0.119. The van der Waals surface area contributed by atoms with Crippen molar-refractivity contribution in [3.63, 3.8) is 0 Å². The van der Waals surface area contributed by atoms with Crippen LogP contribution in [0.4, 0.5) is 16.2 Å². The van der Waals surface area contributed by atoms with Crippen LogP contribution in [0.2, 0.25) is 0 Å². The second kappa shape index (κ2) is 8.92. The van der Waals surface area contributed by atoms with Crippen LogP contribution in [0.15, 0.2) is 47.5 Å². The quantitative estimate of drug-likeness (QED) is 0.752. The first-order chi connectivity index (χ1) is 14.9. The number of carbonyl (C=O) groups is 2. The first-order valence-electron chi connectivity index (χ1n) is 11.0. The maximum Gasteiger partial charge on any atom is 0.321 e. The highest BCUT2D eigenvalue weighted by molar-refractivity contribution is 6.14. The summed E-state index contributed by atoms with van der Waals surface area (Å²) in [6, 6.07) is 13.2. The Labute approximate surface area is 183 Å². The molecule has 2 aromatic carbocycles. The molecule has 0 radical (unpaired) electrons. The van der Waals surface area contributed by atoms with Crippen molar-refractivity contribution >= 4 is 29.0 Å². The van der Waals surface area contributed by atoms with Gasteiger partial charge in [0.25, 0.3) is 5.91 Å². The minimum Gasteiger partial charge on any atom is -0.311 e. The van der Waals surface area contributed by atoms with E-state index >= 15 is 0 Å². The van der Waals surface area contributed by atoms with Gasteiger partial charge in [-0.25, -0.2) is 4.79 Å². The number of benzene rings is 2. The first kappa shape index (κ1) is 21.1. The van der Waals surface area contributed by atoms with Crippen LogP contribution < -0.4 is 15.5 Å². The Hall–Kier alpha value is -3.15. The number of nitrogens with one attached hydrogen (secondary N) is 2. The fourth-order valence-corrected chi connectivity index (χ4v) is 4.68. The summed E-state index contributed by atoms with van der Waals surface area (Å²) in [6.07, 6.45) is 4.74. The average molecular weight is 419 g/mol. The predicted molar refractivity (Wildman–Crippen MR) is 125 cm³/mol. The Balaban J connectivity index is 1.66. The Morgan fingerprint density at radius 3 is 2.55 bits per heavy atom. The molecule has 2 aromatic rings. The molecule has 4 rings (SSSR count).